The van der Waals surface area contributed by atoms with Crippen molar-refractivity contribution < 1.29 is 9.90 Å². The number of hydrogen-bond donors (Lipinski definition) is 1. The van der Waals surface area contributed by atoms with Crippen LogP contribution in [0.2, 0.25) is 0 Å². The van der Waals surface area contributed by atoms with Crippen LogP contribution in [0.1, 0.15) is 13.3 Å². The predicted molar refractivity (Wildman–Crippen MR) is 52.9 cm³/mol. The van der Waals surface area contributed by atoms with E-state index in [4.69, 9.17) is 16.7 Å². The Bertz CT molecular complexity index is 300. The molecule has 3 heteroatoms. The monoisotopic (exact) mass is 198 g/mol. The van der Waals surface area contributed by atoms with Crippen molar-refractivity contribution in [1.29, 1.82) is 0 Å². The molecule has 0 saturated heterocycles. The molecule has 0 amide bonds. The van der Waals surface area contributed by atoms with Gasteiger partial charge in [0.1, 0.15) is 0 Å². The Morgan fingerprint density at radius 1 is 1.69 bits per heavy atom. The van der Waals surface area contributed by atoms with E-state index in [1.165, 1.54) is 0 Å². The van der Waals surface area contributed by atoms with Gasteiger partial charge in [-0.25, -0.2) is 0 Å². The molecule has 1 rings (SSSR count). The van der Waals surface area contributed by atoms with Gasteiger partial charge in [-0.05, 0) is 12.5 Å². The van der Waals surface area contributed by atoms with Crippen LogP contribution in [0.15, 0.2) is 35.5 Å². The summed E-state index contributed by atoms with van der Waals surface area (Å²) in [4.78, 5) is 10.4. The summed E-state index contributed by atoms with van der Waals surface area (Å²) in [6, 6.07) is 0. The van der Waals surface area contributed by atoms with Crippen LogP contribution < -0.4 is 0 Å². The van der Waals surface area contributed by atoms with E-state index in [1.807, 2.05) is 19.1 Å². The van der Waals surface area contributed by atoms with Gasteiger partial charge in [-0.1, -0.05) is 29.9 Å². The smallest absolute Gasteiger partial charge is 0.307 e. The Balaban J connectivity index is 2.81. The second-order valence-corrected chi connectivity index (χ2v) is 3.51. The van der Waals surface area contributed by atoms with Crippen LogP contribution in [0.4, 0.5) is 0 Å². The van der Waals surface area contributed by atoms with Crippen molar-refractivity contribution in [3.63, 3.8) is 0 Å². The van der Waals surface area contributed by atoms with Gasteiger partial charge >= 0.3 is 5.97 Å². The largest absolute Gasteiger partial charge is 0.481 e. The summed E-state index contributed by atoms with van der Waals surface area (Å²) in [5.74, 6) is -0.822. The molecule has 0 aliphatic heterocycles. The molecule has 0 radical (unpaired) electrons. The lowest BCUT2D eigenvalue weighted by Gasteiger charge is -1.95. The van der Waals surface area contributed by atoms with Crippen LogP contribution in [-0.4, -0.2) is 16.5 Å². The van der Waals surface area contributed by atoms with E-state index in [0.717, 1.165) is 11.1 Å². The lowest BCUT2D eigenvalue weighted by Crippen LogP contribution is -1.95. The summed E-state index contributed by atoms with van der Waals surface area (Å²) in [7, 11) is 0. The zero-order valence-corrected chi connectivity index (χ0v) is 8.08. The number of carboxylic acid groups (broad SMARTS) is 1. The third kappa shape index (κ3) is 3.47. The molecule has 0 aromatic rings. The van der Waals surface area contributed by atoms with Gasteiger partial charge in [0, 0.05) is 0 Å². The lowest BCUT2D eigenvalue weighted by molar-refractivity contribution is -0.136. The standard InChI is InChI=1S/C10H11ClO2/c1-7-4-8(6-10(12)13)2-3-9(11)5-7/h2-5,9H,6H2,1H3,(H,12,13). The number of aliphatic carboxylic acids is 1. The highest BCUT2D eigenvalue weighted by Gasteiger charge is 2.05. The van der Waals surface area contributed by atoms with Gasteiger partial charge in [0.25, 0.3) is 0 Å². The van der Waals surface area contributed by atoms with Crippen molar-refractivity contribution >= 4 is 17.6 Å². The highest BCUT2D eigenvalue weighted by atomic mass is 35.5. The summed E-state index contributed by atoms with van der Waals surface area (Å²) in [6.07, 6.45) is 7.32. The van der Waals surface area contributed by atoms with Crippen LogP contribution in [0.3, 0.4) is 0 Å². The maximum atomic E-state index is 10.4. The molecule has 1 aliphatic carbocycles. The quantitative estimate of drug-likeness (QED) is 0.693. The number of carbonyl (C=O) groups is 1. The van der Waals surface area contributed by atoms with Gasteiger partial charge in [0.05, 0.1) is 11.8 Å². The molecular weight excluding hydrogens is 188 g/mol. The molecule has 0 aromatic heterocycles. The molecule has 0 aromatic carbocycles. The molecule has 1 atom stereocenters. The van der Waals surface area contributed by atoms with Crippen LogP contribution in [0, 0.1) is 0 Å². The van der Waals surface area contributed by atoms with Crippen LogP contribution in [-0.2, 0) is 4.79 Å². The van der Waals surface area contributed by atoms with Gasteiger partial charge in [-0.15, -0.1) is 11.6 Å². The highest BCUT2D eigenvalue weighted by molar-refractivity contribution is 6.23. The van der Waals surface area contributed by atoms with E-state index in [9.17, 15) is 4.79 Å². The van der Waals surface area contributed by atoms with Crippen molar-refractivity contribution in [2.45, 2.75) is 18.7 Å². The highest BCUT2D eigenvalue weighted by Crippen LogP contribution is 2.16. The fourth-order valence-electron chi connectivity index (χ4n) is 1.20. The van der Waals surface area contributed by atoms with Crippen molar-refractivity contribution in [3.05, 3.63) is 35.5 Å². The maximum Gasteiger partial charge on any atom is 0.307 e. The topological polar surface area (TPSA) is 37.3 Å². The molecule has 0 saturated carbocycles. The third-order valence-electron chi connectivity index (χ3n) is 1.68. The summed E-state index contributed by atoms with van der Waals surface area (Å²) < 4.78 is 0. The number of carboxylic acids is 1. The van der Waals surface area contributed by atoms with E-state index in [1.54, 1.807) is 12.2 Å². The number of rotatable bonds is 2. The Morgan fingerprint density at radius 2 is 2.38 bits per heavy atom. The van der Waals surface area contributed by atoms with Crippen molar-refractivity contribution in [2.75, 3.05) is 0 Å². The summed E-state index contributed by atoms with van der Waals surface area (Å²) >= 11 is 5.87. The lowest BCUT2D eigenvalue weighted by atomic mass is 10.1. The minimum Gasteiger partial charge on any atom is -0.481 e. The Morgan fingerprint density at radius 3 is 3.00 bits per heavy atom. The van der Waals surface area contributed by atoms with Gasteiger partial charge < -0.3 is 5.11 Å². The molecule has 0 heterocycles. The van der Waals surface area contributed by atoms with Crippen LogP contribution >= 0.6 is 11.6 Å². The molecule has 0 fully saturated rings. The first kappa shape index (κ1) is 10.1. The molecule has 13 heavy (non-hydrogen) atoms. The summed E-state index contributed by atoms with van der Waals surface area (Å²) in [5, 5.41) is 8.45. The van der Waals surface area contributed by atoms with E-state index in [0.29, 0.717) is 0 Å². The Labute approximate surface area is 82.2 Å². The first-order valence-electron chi connectivity index (χ1n) is 4.01. The predicted octanol–water partition coefficient (Wildman–Crippen LogP) is 2.51. The molecule has 1 unspecified atom stereocenters. The first-order chi connectivity index (χ1) is 6.08. The second-order valence-electron chi connectivity index (χ2n) is 3.00. The van der Waals surface area contributed by atoms with E-state index < -0.39 is 5.97 Å². The van der Waals surface area contributed by atoms with E-state index >= 15 is 0 Å². The average Bonchev–Trinajstić information content (AvgIpc) is 2.11. The van der Waals surface area contributed by atoms with Crippen LogP contribution in [0.25, 0.3) is 0 Å². The summed E-state index contributed by atoms with van der Waals surface area (Å²) in [5.41, 5.74) is 1.78. The zero-order valence-electron chi connectivity index (χ0n) is 7.33. The normalized spacial score (nSPS) is 21.8. The number of alkyl halides is 1. The van der Waals surface area contributed by atoms with E-state index in [-0.39, 0.29) is 11.8 Å². The first-order valence-corrected chi connectivity index (χ1v) is 4.44. The van der Waals surface area contributed by atoms with Crippen LogP contribution in [0.5, 0.6) is 0 Å². The fraction of sp³-hybridized carbons (Fsp3) is 0.300. The fourth-order valence-corrected chi connectivity index (χ4v) is 1.47. The maximum absolute atomic E-state index is 10.4. The average molecular weight is 199 g/mol. The van der Waals surface area contributed by atoms with Crippen molar-refractivity contribution in [1.82, 2.24) is 0 Å². The minimum atomic E-state index is -0.822. The van der Waals surface area contributed by atoms with Crippen molar-refractivity contribution in [2.24, 2.45) is 0 Å². The molecule has 1 aliphatic rings. The van der Waals surface area contributed by atoms with Crippen molar-refractivity contribution in [3.8, 4) is 0 Å². The molecule has 70 valence electrons. The van der Waals surface area contributed by atoms with Gasteiger partial charge in [-0.2, -0.15) is 0 Å². The SMILES string of the molecule is CC1=CC(Cl)C=CC(CC(=O)O)=C1. The van der Waals surface area contributed by atoms with E-state index in [2.05, 4.69) is 0 Å². The van der Waals surface area contributed by atoms with Gasteiger partial charge in [0.2, 0.25) is 0 Å². The minimum absolute atomic E-state index is 0.0469. The summed E-state index contributed by atoms with van der Waals surface area (Å²) in [6.45, 7) is 1.91. The molecule has 0 spiro atoms. The molecule has 0 bridgehead atoms. The third-order valence-corrected chi connectivity index (χ3v) is 1.96. The zero-order chi connectivity index (χ0) is 9.84. The molecule has 2 nitrogen and oxygen atoms in total. The molecule has 1 N–H and O–H groups in total. The van der Waals surface area contributed by atoms with Gasteiger partial charge in [-0.3, -0.25) is 4.79 Å². The Hall–Kier alpha value is -1.02. The van der Waals surface area contributed by atoms with Gasteiger partial charge in [0.15, 0.2) is 0 Å². The second kappa shape index (κ2) is 4.28. The molecular formula is C10H11ClO2. The number of allylic oxidation sites excluding steroid dienone is 5. The Kier molecular flexibility index (Phi) is 3.32. The number of halogens is 1. The number of hydrogen-bond acceptors (Lipinski definition) is 1.